The molecule has 1 unspecified atom stereocenters. The van der Waals surface area contributed by atoms with E-state index >= 15 is 0 Å². The van der Waals surface area contributed by atoms with Gasteiger partial charge in [0.15, 0.2) is 0 Å². The summed E-state index contributed by atoms with van der Waals surface area (Å²) in [4.78, 5) is 10.9. The van der Waals surface area contributed by atoms with Crippen molar-refractivity contribution in [3.63, 3.8) is 0 Å². The van der Waals surface area contributed by atoms with Crippen molar-refractivity contribution in [2.24, 2.45) is 11.3 Å². The first-order chi connectivity index (χ1) is 8.88. The Morgan fingerprint density at radius 1 is 1.42 bits per heavy atom. The quantitative estimate of drug-likeness (QED) is 0.824. The standard InChI is InChI=1S/C12H18N2O4S/c13-8-12(4-1-2-5-12)9-19(17,18)14-6-3-10(7-14)11(15)16/h10H,1-7,9H2,(H,15,16). The number of nitriles is 1. The van der Waals surface area contributed by atoms with Crippen molar-refractivity contribution in [2.45, 2.75) is 32.1 Å². The van der Waals surface area contributed by atoms with Gasteiger partial charge in [-0.05, 0) is 19.3 Å². The first-order valence-corrected chi connectivity index (χ1v) is 8.11. The molecule has 0 aromatic heterocycles. The van der Waals surface area contributed by atoms with Gasteiger partial charge in [-0.2, -0.15) is 5.26 Å². The van der Waals surface area contributed by atoms with E-state index < -0.39 is 27.3 Å². The monoisotopic (exact) mass is 286 g/mol. The molecule has 1 atom stereocenters. The van der Waals surface area contributed by atoms with Crippen LogP contribution in [-0.4, -0.2) is 42.6 Å². The fourth-order valence-corrected chi connectivity index (χ4v) is 4.99. The van der Waals surface area contributed by atoms with E-state index in [-0.39, 0.29) is 18.8 Å². The Bertz CT molecular complexity index is 502. The molecular formula is C12H18N2O4S. The van der Waals surface area contributed by atoms with Gasteiger partial charge in [-0.15, -0.1) is 0 Å². The molecule has 1 saturated carbocycles. The highest BCUT2D eigenvalue weighted by atomic mass is 32.2. The number of aliphatic carboxylic acids is 1. The molecule has 0 aromatic rings. The van der Waals surface area contributed by atoms with Crippen LogP contribution in [0.1, 0.15) is 32.1 Å². The Morgan fingerprint density at radius 3 is 2.53 bits per heavy atom. The second-order valence-electron chi connectivity index (χ2n) is 5.54. The number of sulfonamides is 1. The van der Waals surface area contributed by atoms with E-state index in [1.54, 1.807) is 0 Å². The van der Waals surface area contributed by atoms with E-state index in [4.69, 9.17) is 5.11 Å². The minimum Gasteiger partial charge on any atom is -0.481 e. The molecule has 0 spiro atoms. The molecule has 1 N–H and O–H groups in total. The summed E-state index contributed by atoms with van der Waals surface area (Å²) in [5, 5.41) is 18.1. The Labute approximate surface area is 113 Å². The van der Waals surface area contributed by atoms with Gasteiger partial charge in [0, 0.05) is 13.1 Å². The smallest absolute Gasteiger partial charge is 0.307 e. The van der Waals surface area contributed by atoms with E-state index in [9.17, 15) is 18.5 Å². The molecule has 1 aliphatic heterocycles. The Morgan fingerprint density at radius 2 is 2.05 bits per heavy atom. The number of rotatable bonds is 4. The van der Waals surface area contributed by atoms with E-state index in [2.05, 4.69) is 6.07 Å². The van der Waals surface area contributed by atoms with Gasteiger partial charge in [0.05, 0.1) is 23.2 Å². The number of hydrogen-bond donors (Lipinski definition) is 1. The lowest BCUT2D eigenvalue weighted by Gasteiger charge is -2.24. The van der Waals surface area contributed by atoms with Crippen LogP contribution in [0, 0.1) is 22.7 Å². The number of carboxylic acids is 1. The summed E-state index contributed by atoms with van der Waals surface area (Å²) in [5.74, 6) is -1.73. The molecule has 7 heteroatoms. The summed E-state index contributed by atoms with van der Waals surface area (Å²) >= 11 is 0. The van der Waals surface area contributed by atoms with Crippen LogP contribution >= 0.6 is 0 Å². The highest BCUT2D eigenvalue weighted by Crippen LogP contribution is 2.39. The molecule has 0 amide bonds. The van der Waals surface area contributed by atoms with Crippen LogP contribution in [0.3, 0.4) is 0 Å². The van der Waals surface area contributed by atoms with Crippen LogP contribution in [0.5, 0.6) is 0 Å². The third kappa shape index (κ3) is 2.90. The number of nitrogens with zero attached hydrogens (tertiary/aromatic N) is 2. The van der Waals surface area contributed by atoms with Crippen LogP contribution in [0.15, 0.2) is 0 Å². The van der Waals surface area contributed by atoms with Crippen LogP contribution in [0.4, 0.5) is 0 Å². The second-order valence-corrected chi connectivity index (χ2v) is 7.51. The molecule has 6 nitrogen and oxygen atoms in total. The fourth-order valence-electron chi connectivity index (χ4n) is 2.96. The fraction of sp³-hybridized carbons (Fsp3) is 0.833. The van der Waals surface area contributed by atoms with E-state index in [0.29, 0.717) is 19.3 Å². The largest absolute Gasteiger partial charge is 0.481 e. The van der Waals surface area contributed by atoms with Crippen molar-refractivity contribution in [3.05, 3.63) is 0 Å². The zero-order chi connectivity index (χ0) is 14.1. The Hall–Kier alpha value is -1.13. The lowest BCUT2D eigenvalue weighted by atomic mass is 9.91. The average molecular weight is 286 g/mol. The first kappa shape index (κ1) is 14.3. The highest BCUT2D eigenvalue weighted by Gasteiger charge is 2.43. The molecule has 2 fully saturated rings. The summed E-state index contributed by atoms with van der Waals surface area (Å²) in [6, 6.07) is 2.17. The van der Waals surface area contributed by atoms with Crippen molar-refractivity contribution in [2.75, 3.05) is 18.8 Å². The van der Waals surface area contributed by atoms with Gasteiger partial charge in [0.1, 0.15) is 0 Å². The third-order valence-electron chi connectivity index (χ3n) is 4.15. The summed E-state index contributed by atoms with van der Waals surface area (Å²) in [7, 11) is -3.53. The summed E-state index contributed by atoms with van der Waals surface area (Å²) in [6.07, 6.45) is 3.38. The number of hydrogen-bond acceptors (Lipinski definition) is 4. The molecule has 0 bridgehead atoms. The van der Waals surface area contributed by atoms with Crippen molar-refractivity contribution < 1.29 is 18.3 Å². The third-order valence-corrected chi connectivity index (χ3v) is 6.19. The Balaban J connectivity index is 2.07. The molecule has 0 radical (unpaired) electrons. The first-order valence-electron chi connectivity index (χ1n) is 6.50. The van der Waals surface area contributed by atoms with Crippen LogP contribution in [0.2, 0.25) is 0 Å². The summed E-state index contributed by atoms with van der Waals surface area (Å²) < 4.78 is 25.8. The lowest BCUT2D eigenvalue weighted by Crippen LogP contribution is -2.37. The summed E-state index contributed by atoms with van der Waals surface area (Å²) in [5.41, 5.74) is -0.764. The molecular weight excluding hydrogens is 268 g/mol. The van der Waals surface area contributed by atoms with Crippen molar-refractivity contribution in [1.29, 1.82) is 5.26 Å². The minimum atomic E-state index is -3.53. The van der Waals surface area contributed by atoms with Crippen LogP contribution in [-0.2, 0) is 14.8 Å². The molecule has 1 aliphatic carbocycles. The minimum absolute atomic E-state index is 0.0408. The molecule has 1 heterocycles. The van der Waals surface area contributed by atoms with Gasteiger partial charge in [0.25, 0.3) is 0 Å². The zero-order valence-corrected chi connectivity index (χ0v) is 11.5. The predicted molar refractivity (Wildman–Crippen MR) is 67.6 cm³/mol. The zero-order valence-electron chi connectivity index (χ0n) is 10.7. The maximum Gasteiger partial charge on any atom is 0.307 e. The topological polar surface area (TPSA) is 98.5 Å². The average Bonchev–Trinajstić information content (AvgIpc) is 2.96. The van der Waals surface area contributed by atoms with Crippen molar-refractivity contribution in [1.82, 2.24) is 4.31 Å². The molecule has 106 valence electrons. The van der Waals surface area contributed by atoms with E-state index in [1.165, 1.54) is 4.31 Å². The Kier molecular flexibility index (Phi) is 3.83. The molecule has 0 aromatic carbocycles. The SMILES string of the molecule is N#CC1(CS(=O)(=O)N2CCC(C(=O)O)C2)CCCC1. The lowest BCUT2D eigenvalue weighted by molar-refractivity contribution is -0.141. The maximum atomic E-state index is 12.3. The van der Waals surface area contributed by atoms with Gasteiger partial charge in [0.2, 0.25) is 10.0 Å². The molecule has 2 aliphatic rings. The predicted octanol–water partition coefficient (Wildman–Crippen LogP) is 0.807. The van der Waals surface area contributed by atoms with Crippen LogP contribution in [0.25, 0.3) is 0 Å². The van der Waals surface area contributed by atoms with Gasteiger partial charge in [-0.3, -0.25) is 4.79 Å². The van der Waals surface area contributed by atoms with Gasteiger partial charge in [-0.25, -0.2) is 12.7 Å². The summed E-state index contributed by atoms with van der Waals surface area (Å²) in [6.45, 7) is 0.292. The molecule has 1 saturated heterocycles. The highest BCUT2D eigenvalue weighted by molar-refractivity contribution is 7.89. The van der Waals surface area contributed by atoms with Gasteiger partial charge < -0.3 is 5.11 Å². The molecule has 2 rings (SSSR count). The number of carboxylic acid groups (broad SMARTS) is 1. The number of carbonyl (C=O) groups is 1. The van der Waals surface area contributed by atoms with E-state index in [1.807, 2.05) is 0 Å². The normalized spacial score (nSPS) is 27.2. The van der Waals surface area contributed by atoms with Gasteiger partial charge >= 0.3 is 5.97 Å². The van der Waals surface area contributed by atoms with Crippen LogP contribution < -0.4 is 0 Å². The van der Waals surface area contributed by atoms with Crippen molar-refractivity contribution >= 4 is 16.0 Å². The van der Waals surface area contributed by atoms with Gasteiger partial charge in [-0.1, -0.05) is 12.8 Å². The van der Waals surface area contributed by atoms with E-state index in [0.717, 1.165) is 12.8 Å². The second kappa shape index (κ2) is 5.10. The maximum absolute atomic E-state index is 12.3. The molecule has 19 heavy (non-hydrogen) atoms. The van der Waals surface area contributed by atoms with Crippen molar-refractivity contribution in [3.8, 4) is 6.07 Å².